The monoisotopic (exact) mass is 564 g/mol. The Hall–Kier alpha value is -4.01. The van der Waals surface area contributed by atoms with Gasteiger partial charge in [0.1, 0.15) is 22.8 Å². The lowest BCUT2D eigenvalue weighted by atomic mass is 9.52. The Morgan fingerprint density at radius 2 is 1.88 bits per heavy atom. The number of allylic oxidation sites excluding steroid dienone is 1. The van der Waals surface area contributed by atoms with Gasteiger partial charge in [-0.2, -0.15) is 0 Å². The number of phenols is 1. The van der Waals surface area contributed by atoms with E-state index >= 15 is 0 Å². The van der Waals surface area contributed by atoms with Crippen LogP contribution in [0, 0.1) is 28.1 Å². The van der Waals surface area contributed by atoms with Gasteiger partial charge in [-0.25, -0.2) is 0 Å². The number of anilines is 1. The van der Waals surface area contributed by atoms with Gasteiger partial charge in [0.05, 0.1) is 17.2 Å². The molecule has 0 aliphatic heterocycles. The first-order valence-electron chi connectivity index (χ1n) is 13.5. The Morgan fingerprint density at radius 1 is 1.22 bits per heavy atom. The van der Waals surface area contributed by atoms with Gasteiger partial charge in [0, 0.05) is 43.1 Å². The minimum absolute atomic E-state index is 0.0279. The summed E-state index contributed by atoms with van der Waals surface area (Å²) in [4.78, 5) is 56.0. The van der Waals surface area contributed by atoms with Crippen LogP contribution >= 0.6 is 0 Å². The summed E-state index contributed by atoms with van der Waals surface area (Å²) < 4.78 is 0. The molecule has 41 heavy (non-hydrogen) atoms. The number of hydrogen-bond acceptors (Lipinski definition) is 10. The van der Waals surface area contributed by atoms with Gasteiger partial charge < -0.3 is 26.0 Å². The van der Waals surface area contributed by atoms with Gasteiger partial charge in [0.25, 0.3) is 5.91 Å². The van der Waals surface area contributed by atoms with Crippen molar-refractivity contribution in [2.24, 2.45) is 22.2 Å². The van der Waals surface area contributed by atoms with E-state index in [4.69, 9.17) is 5.73 Å². The summed E-state index contributed by atoms with van der Waals surface area (Å²) in [6.07, 6.45) is 2.55. The third-order valence-corrected chi connectivity index (χ3v) is 8.56. The molecule has 4 atom stereocenters. The van der Waals surface area contributed by atoms with Crippen LogP contribution in [-0.2, 0) is 16.0 Å². The zero-order valence-electron chi connectivity index (χ0n) is 24.2. The number of nitrogens with two attached hydrogens (primary N) is 1. The number of nitrogens with zero attached hydrogens (tertiary/aromatic N) is 3. The van der Waals surface area contributed by atoms with Crippen LogP contribution in [0.25, 0.3) is 0 Å². The number of aliphatic hydroxyl groups is 2. The second-order valence-corrected chi connectivity index (χ2v) is 11.8. The van der Waals surface area contributed by atoms with E-state index in [0.717, 1.165) is 12.8 Å². The number of carbonyl (C=O) groups excluding carboxylic acids is 3. The lowest BCUT2D eigenvalue weighted by Gasteiger charge is -2.53. The van der Waals surface area contributed by atoms with E-state index in [9.17, 15) is 34.6 Å². The van der Waals surface area contributed by atoms with Crippen molar-refractivity contribution in [3.8, 4) is 17.6 Å². The molecule has 5 N–H and O–H groups in total. The topological polar surface area (TPSA) is 174 Å². The SMILES string of the molecule is CCCCC#Cc1cc(N(C)C)c2c(c1O)C(=O)C1=C(N=O)[C@]3(O)C(=O)C(C(N)=O)=C(O)[C@@H](N(C)C)[C@@H]3C[C@]1(C)C2. The van der Waals surface area contributed by atoms with Crippen molar-refractivity contribution in [3.63, 3.8) is 0 Å². The van der Waals surface area contributed by atoms with Crippen LogP contribution in [0.3, 0.4) is 0 Å². The van der Waals surface area contributed by atoms with Crippen molar-refractivity contribution in [2.45, 2.75) is 57.6 Å². The number of Topliss-reactive ketones (excluding diaryl/α,β-unsaturated/α-hetero) is 2. The summed E-state index contributed by atoms with van der Waals surface area (Å²) in [7, 11) is 6.76. The normalized spacial score (nSPS) is 27.1. The van der Waals surface area contributed by atoms with Crippen molar-refractivity contribution in [1.29, 1.82) is 0 Å². The lowest BCUT2D eigenvalue weighted by molar-refractivity contribution is -0.145. The van der Waals surface area contributed by atoms with Gasteiger partial charge in [-0.3, -0.25) is 19.3 Å². The maximum atomic E-state index is 14.3. The number of rotatable bonds is 6. The third kappa shape index (κ3) is 4.33. The molecule has 0 radical (unpaired) electrons. The molecule has 0 saturated heterocycles. The molecule has 0 saturated carbocycles. The molecule has 0 unspecified atom stereocenters. The van der Waals surface area contributed by atoms with Gasteiger partial charge in [-0.15, -0.1) is 4.91 Å². The Balaban J connectivity index is 2.04. The second-order valence-electron chi connectivity index (χ2n) is 11.8. The summed E-state index contributed by atoms with van der Waals surface area (Å²) in [5.74, 6) is 0.513. The number of aliphatic hydroxyl groups excluding tert-OH is 1. The Bertz CT molecular complexity index is 1500. The predicted octanol–water partition coefficient (Wildman–Crippen LogP) is 2.33. The van der Waals surface area contributed by atoms with Gasteiger partial charge in [-0.05, 0) is 50.2 Å². The molecule has 218 valence electrons. The molecule has 3 aliphatic rings. The Labute approximate surface area is 238 Å². The predicted molar refractivity (Wildman–Crippen MR) is 152 cm³/mol. The van der Waals surface area contributed by atoms with Gasteiger partial charge in [0.2, 0.25) is 5.78 Å². The molecule has 0 bridgehead atoms. The number of amides is 1. The first kappa shape index (κ1) is 30.0. The zero-order valence-corrected chi connectivity index (χ0v) is 24.2. The first-order valence-corrected chi connectivity index (χ1v) is 13.5. The number of unbranched alkanes of at least 4 members (excludes halogenated alkanes) is 2. The number of aromatic hydroxyl groups is 1. The zero-order chi connectivity index (χ0) is 30.6. The van der Waals surface area contributed by atoms with Crippen molar-refractivity contribution >= 4 is 23.2 Å². The third-order valence-electron chi connectivity index (χ3n) is 8.56. The molecule has 1 aromatic carbocycles. The van der Waals surface area contributed by atoms with Crippen LogP contribution in [0.5, 0.6) is 5.75 Å². The fourth-order valence-electron chi connectivity index (χ4n) is 6.70. The van der Waals surface area contributed by atoms with Crippen LogP contribution in [0.4, 0.5) is 5.69 Å². The molecule has 0 heterocycles. The fourth-order valence-corrected chi connectivity index (χ4v) is 6.70. The molecule has 0 fully saturated rings. The number of likely N-dealkylation sites (N-methyl/N-ethyl adjacent to an activating group) is 1. The maximum absolute atomic E-state index is 14.3. The number of carbonyl (C=O) groups is 3. The minimum Gasteiger partial charge on any atom is -0.510 e. The van der Waals surface area contributed by atoms with Crippen molar-refractivity contribution < 1.29 is 29.7 Å². The number of hydrogen-bond donors (Lipinski definition) is 4. The number of primary amides is 1. The summed E-state index contributed by atoms with van der Waals surface area (Å²) in [5.41, 5.74) is 1.11. The van der Waals surface area contributed by atoms with Gasteiger partial charge >= 0.3 is 0 Å². The maximum Gasteiger partial charge on any atom is 0.255 e. The van der Waals surface area contributed by atoms with Crippen molar-refractivity contribution in [2.75, 3.05) is 33.1 Å². The van der Waals surface area contributed by atoms with Gasteiger partial charge in [-0.1, -0.05) is 32.1 Å². The molecule has 0 spiro atoms. The number of phenolic OH excluding ortho intramolecular Hbond substituents is 1. The smallest absolute Gasteiger partial charge is 0.255 e. The molecular formula is C30H36N4O7. The van der Waals surface area contributed by atoms with E-state index in [1.165, 1.54) is 4.90 Å². The van der Waals surface area contributed by atoms with Crippen LogP contribution in [0.2, 0.25) is 0 Å². The van der Waals surface area contributed by atoms with E-state index in [1.54, 1.807) is 46.1 Å². The minimum atomic E-state index is -2.72. The summed E-state index contributed by atoms with van der Waals surface area (Å²) >= 11 is 0. The van der Waals surface area contributed by atoms with E-state index in [-0.39, 0.29) is 35.3 Å². The molecule has 3 aliphatic carbocycles. The molecular weight excluding hydrogens is 528 g/mol. The highest BCUT2D eigenvalue weighted by Crippen LogP contribution is 2.59. The number of nitroso groups, excluding NO2 is 1. The summed E-state index contributed by atoms with van der Waals surface area (Å²) in [6, 6.07) is 0.631. The van der Waals surface area contributed by atoms with E-state index in [1.807, 2.05) is 6.92 Å². The standard InChI is InChI=1S/C30H36N4O7/c1-7-8-9-10-11-15-12-18(33(3)4)16-13-29(2)14-17-22(34(5)6)25(37)20(28(31)39)27(38)30(17,40)26(32-41)21(29)24(36)19(16)23(15)35/h12,17,22,35,37,40H,7-9,13-14H2,1-6H3,(H2,31,39)/t17-,22-,29-,30-/m0/s1. The summed E-state index contributed by atoms with van der Waals surface area (Å²) in [6.45, 7) is 3.76. The summed E-state index contributed by atoms with van der Waals surface area (Å²) in [5, 5.41) is 37.3. The van der Waals surface area contributed by atoms with Crippen molar-refractivity contribution in [3.05, 3.63) is 50.3 Å². The Morgan fingerprint density at radius 3 is 2.41 bits per heavy atom. The van der Waals surface area contributed by atoms with Crippen LogP contribution in [-0.4, -0.2) is 77.5 Å². The Kier molecular flexibility index (Phi) is 7.62. The molecule has 11 nitrogen and oxygen atoms in total. The fraction of sp³-hybridized carbons (Fsp3) is 0.500. The number of benzene rings is 1. The van der Waals surface area contributed by atoms with Gasteiger partial charge in [0.15, 0.2) is 11.4 Å². The van der Waals surface area contributed by atoms with Crippen LogP contribution < -0.4 is 10.6 Å². The average molecular weight is 565 g/mol. The largest absolute Gasteiger partial charge is 0.510 e. The molecule has 11 heteroatoms. The van der Waals surface area contributed by atoms with E-state index in [2.05, 4.69) is 17.0 Å². The highest BCUT2D eigenvalue weighted by atomic mass is 16.3. The average Bonchev–Trinajstić information content (AvgIpc) is 2.87. The molecule has 4 rings (SSSR count). The first-order chi connectivity index (χ1) is 19.2. The highest BCUT2D eigenvalue weighted by molar-refractivity contribution is 6.25. The highest BCUT2D eigenvalue weighted by Gasteiger charge is 2.66. The van der Waals surface area contributed by atoms with Crippen LogP contribution in [0.15, 0.2) is 33.8 Å². The lowest BCUT2D eigenvalue weighted by Crippen LogP contribution is -2.64. The quantitative estimate of drug-likeness (QED) is 0.175. The molecule has 1 amide bonds. The van der Waals surface area contributed by atoms with Crippen molar-refractivity contribution in [1.82, 2.24) is 4.90 Å². The molecule has 1 aromatic rings. The number of ketones is 2. The number of fused-ring (bicyclic) bond motifs is 3. The van der Waals surface area contributed by atoms with Crippen LogP contribution in [0.1, 0.15) is 61.0 Å². The van der Waals surface area contributed by atoms with E-state index in [0.29, 0.717) is 17.7 Å². The van der Waals surface area contributed by atoms with E-state index < -0.39 is 57.5 Å². The second kappa shape index (κ2) is 10.4. The molecule has 0 aromatic heterocycles.